The van der Waals surface area contributed by atoms with Crippen LogP contribution in [0, 0.1) is 109 Å². The van der Waals surface area contributed by atoms with E-state index in [4.69, 9.17) is 4.98 Å². The number of aromatic nitrogens is 8. The van der Waals surface area contributed by atoms with E-state index in [0.29, 0.717) is 0 Å². The van der Waals surface area contributed by atoms with E-state index in [2.05, 4.69) is 107 Å². The van der Waals surface area contributed by atoms with Crippen molar-refractivity contribution >= 4 is 97.3 Å². The Morgan fingerprint density at radius 2 is 0.576 bits per heavy atom. The smallest absolute Gasteiger partial charge is 0.161 e. The second kappa shape index (κ2) is 52.7. The summed E-state index contributed by atoms with van der Waals surface area (Å²) in [6, 6.07) is 107. The van der Waals surface area contributed by atoms with Crippen molar-refractivity contribution in [1.29, 1.82) is 0 Å². The fourth-order valence-corrected chi connectivity index (χ4v) is 13.2. The third-order valence-corrected chi connectivity index (χ3v) is 19.3. The molecule has 0 saturated carbocycles. The van der Waals surface area contributed by atoms with Crippen molar-refractivity contribution in [1.82, 2.24) is 59.5 Å². The molecule has 0 saturated heterocycles. The van der Waals surface area contributed by atoms with Crippen molar-refractivity contribution in [2.45, 2.75) is 36.6 Å². The number of nitrogens with zero attached hydrogens (tertiary/aromatic N) is 24. The van der Waals surface area contributed by atoms with E-state index in [1.54, 1.807) is 25.0 Å². The molecule has 8 aliphatic rings. The van der Waals surface area contributed by atoms with Gasteiger partial charge in [0.15, 0.2) is 5.82 Å². The molecule has 0 bridgehead atoms. The van der Waals surface area contributed by atoms with Gasteiger partial charge in [0.25, 0.3) is 0 Å². The van der Waals surface area contributed by atoms with Crippen molar-refractivity contribution in [3.8, 4) is 11.4 Å². The molecule has 692 valence electrons. The SMILES string of the molecule is C.C.C.C.CN1C=CN(c2[c-]cccc2)[CH-]1.CN1C=CN(c2[c-]cccc2)[CH-]1.CN1C=CN(c2[c-]cccc2)[CH-]1.CN1C=CN(c2[c-]cccc2)[CH-]1.CN1[CH-]N(c2[c-]cccc2)c2cncnc21.CN1[CH-]N(c2[c-]cccc2)c2ncncc21.Cc1ccccc1-c1ncc2c(n1)N(C)[CH-]N2c1[c-]cccc1.[Ir].[Ir].[Ir].[Ir].[c-]1ccccc1N1[CH-]N(c2ccccc2)c2nccnc21. The maximum atomic E-state index is 4.77. The molecular formula is C104H104Ir4N24-16. The first-order chi connectivity index (χ1) is 60.8. The second-order valence-electron chi connectivity index (χ2n) is 28.3. The summed E-state index contributed by atoms with van der Waals surface area (Å²) in [6.45, 7) is 18.1. The van der Waals surface area contributed by atoms with Crippen molar-refractivity contribution in [3.05, 3.63) is 449 Å². The van der Waals surface area contributed by atoms with Gasteiger partial charge in [-0.25, -0.2) is 39.9 Å². The number of hydrogen-bond acceptors (Lipinski definition) is 24. The van der Waals surface area contributed by atoms with Crippen LogP contribution >= 0.6 is 0 Å². The third kappa shape index (κ3) is 27.3. The van der Waals surface area contributed by atoms with Gasteiger partial charge in [-0.1, -0.05) is 72.2 Å². The molecule has 4 radical (unpaired) electrons. The molecule has 22 rings (SSSR count). The number of rotatable bonds is 10. The molecule has 10 aromatic carbocycles. The molecule has 12 heterocycles. The average molecular weight is 2460 g/mol. The number of anilines is 17. The zero-order valence-electron chi connectivity index (χ0n) is 71.0. The van der Waals surface area contributed by atoms with Gasteiger partial charge in [0.1, 0.15) is 41.7 Å². The molecule has 0 N–H and O–H groups in total. The summed E-state index contributed by atoms with van der Waals surface area (Å²) < 4.78 is 0. The number of para-hydroxylation sites is 9. The fourth-order valence-electron chi connectivity index (χ4n) is 13.2. The third-order valence-electron chi connectivity index (χ3n) is 19.3. The van der Waals surface area contributed by atoms with Gasteiger partial charge in [-0.2, -0.15) is 289 Å². The summed E-state index contributed by atoms with van der Waals surface area (Å²) in [4.78, 5) is 67.1. The molecule has 28 heteroatoms. The van der Waals surface area contributed by atoms with Crippen LogP contribution in [-0.2, 0) is 80.4 Å². The summed E-state index contributed by atoms with van der Waals surface area (Å²) in [5.74, 6) is 5.08. The minimum Gasteiger partial charge on any atom is -0.510 e. The normalized spacial score (nSPS) is 13.6. The summed E-state index contributed by atoms with van der Waals surface area (Å²) in [7, 11) is 13.9. The molecule has 0 atom stereocenters. The van der Waals surface area contributed by atoms with E-state index in [1.807, 2.05) is 481 Å². The molecule has 0 fully saturated rings. The first-order valence-corrected chi connectivity index (χ1v) is 39.7. The van der Waals surface area contributed by atoms with Crippen LogP contribution in [0.25, 0.3) is 11.4 Å². The maximum absolute atomic E-state index is 4.77. The quantitative estimate of drug-likeness (QED) is 0.119. The molecule has 0 spiro atoms. The number of hydrogen-bond donors (Lipinski definition) is 0. The van der Waals surface area contributed by atoms with E-state index in [0.717, 1.165) is 109 Å². The van der Waals surface area contributed by atoms with Gasteiger partial charge in [0, 0.05) is 104 Å². The van der Waals surface area contributed by atoms with Crippen LogP contribution in [0.5, 0.6) is 0 Å². The van der Waals surface area contributed by atoms with Gasteiger partial charge in [-0.15, -0.1) is 52.2 Å². The number of benzene rings is 10. The Bertz CT molecular complexity index is 5400. The molecule has 24 nitrogen and oxygen atoms in total. The van der Waals surface area contributed by atoms with Gasteiger partial charge in [-0.05, 0) is 124 Å². The predicted octanol–water partition coefficient (Wildman–Crippen LogP) is 21.5. The largest absolute Gasteiger partial charge is 0.510 e. The minimum absolute atomic E-state index is 0. The molecule has 4 aromatic heterocycles. The molecular weight excluding hydrogens is 2350 g/mol. The Morgan fingerprint density at radius 1 is 0.258 bits per heavy atom. The first-order valence-electron chi connectivity index (χ1n) is 39.7. The van der Waals surface area contributed by atoms with Crippen molar-refractivity contribution in [2.24, 2.45) is 0 Å². The second-order valence-corrected chi connectivity index (χ2v) is 28.3. The van der Waals surface area contributed by atoms with Crippen LogP contribution < -0.4 is 58.8 Å². The summed E-state index contributed by atoms with van der Waals surface area (Å²) >= 11 is 0. The zero-order valence-corrected chi connectivity index (χ0v) is 80.6. The molecule has 0 unspecified atom stereocenters. The summed E-state index contributed by atoms with van der Waals surface area (Å²) in [5.41, 5.74) is 14.4. The van der Waals surface area contributed by atoms with Crippen LogP contribution in [0.15, 0.2) is 342 Å². The van der Waals surface area contributed by atoms with Crippen LogP contribution in [0.4, 0.5) is 97.3 Å². The Kier molecular flexibility index (Phi) is 42.3. The number of fused-ring (bicyclic) bond motifs is 4. The van der Waals surface area contributed by atoms with Crippen LogP contribution in [0.2, 0.25) is 0 Å². The first kappa shape index (κ1) is 106. The van der Waals surface area contributed by atoms with E-state index in [-0.39, 0.29) is 110 Å². The molecule has 0 aliphatic carbocycles. The van der Waals surface area contributed by atoms with Crippen LogP contribution in [0.3, 0.4) is 0 Å². The van der Waals surface area contributed by atoms with E-state index >= 15 is 0 Å². The Hall–Kier alpha value is -13.1. The van der Waals surface area contributed by atoms with Gasteiger partial charge in [0.05, 0.1) is 35.7 Å². The van der Waals surface area contributed by atoms with E-state index in [9.17, 15) is 0 Å². The average Bonchev–Trinajstić information content (AvgIpc) is 1.64. The standard InChI is InChI=1S/C19H16N4.C17H12N4.2C12H10N4.4C10H10N2.4CH4.4Ir/c1-14-8-6-7-11-16(14)18-20-12-17-19(21-18)22(2)13-23(17)15-9-4-3-5-10-15;1-3-7-14(8-4-1)20-13-21(15-9-5-2-6-10-15)17-16(20)18-11-12-19-17;1-15-9-16(10-5-3-2-4-6-10)11-7-13-8-14-12(11)15;1-15-9-16(10-5-3-2-4-6-10)12-11(15)7-13-8-14-12;4*1-11-7-8-12(9-11)10-5-3-2-4-6-10;;;;;;;;/h3-9,11-13H,1-2H3;1-9,11-13H;2*2-5,7-9H,1H3;4*2-5,7-9H,1H3;4*1H4;;;;/q8*-2;;;;;;;;. The predicted molar refractivity (Wildman–Crippen MR) is 522 cm³/mol. The fraction of sp³-hybridized carbons (Fsp3) is 0.115. The Morgan fingerprint density at radius 3 is 0.947 bits per heavy atom. The Balaban J connectivity index is 0.000000207. The van der Waals surface area contributed by atoms with Crippen molar-refractivity contribution < 1.29 is 80.4 Å². The van der Waals surface area contributed by atoms with Crippen molar-refractivity contribution in [2.75, 3.05) is 108 Å². The van der Waals surface area contributed by atoms with Gasteiger partial charge in [-0.3, -0.25) is 0 Å². The van der Waals surface area contributed by atoms with Gasteiger partial charge in [0.2, 0.25) is 0 Å². The monoisotopic (exact) mass is 2460 g/mol. The van der Waals surface area contributed by atoms with E-state index in [1.165, 1.54) is 5.56 Å². The Labute approximate surface area is 835 Å². The molecule has 0 amide bonds. The van der Waals surface area contributed by atoms with Gasteiger partial charge >= 0.3 is 0 Å². The van der Waals surface area contributed by atoms with E-state index < -0.39 is 0 Å². The van der Waals surface area contributed by atoms with Gasteiger partial charge < -0.3 is 78.4 Å². The molecule has 8 aliphatic heterocycles. The van der Waals surface area contributed by atoms with Crippen molar-refractivity contribution in [3.63, 3.8) is 0 Å². The van der Waals surface area contributed by atoms with Crippen LogP contribution in [0.1, 0.15) is 35.3 Å². The maximum Gasteiger partial charge on any atom is 0.161 e. The number of aryl methyl sites for hydroxylation is 1. The summed E-state index contributed by atoms with van der Waals surface area (Å²) in [6.07, 6.45) is 28.1. The van der Waals surface area contributed by atoms with Crippen LogP contribution in [-0.4, -0.2) is 109 Å². The topological polar surface area (TPSA) is 155 Å². The summed E-state index contributed by atoms with van der Waals surface area (Å²) in [5, 5.41) is 0. The minimum atomic E-state index is 0. The molecule has 132 heavy (non-hydrogen) atoms. The zero-order chi connectivity index (χ0) is 85.4. The molecule has 14 aromatic rings.